The van der Waals surface area contributed by atoms with Gasteiger partial charge in [0.1, 0.15) is 17.2 Å². The van der Waals surface area contributed by atoms with Crippen molar-refractivity contribution in [2.24, 2.45) is 0 Å². The number of ketones is 1. The van der Waals surface area contributed by atoms with Gasteiger partial charge in [-0.25, -0.2) is 9.59 Å². The van der Waals surface area contributed by atoms with E-state index in [2.05, 4.69) is 19.2 Å². The van der Waals surface area contributed by atoms with Crippen LogP contribution in [0.3, 0.4) is 0 Å². The smallest absolute Gasteiger partial charge is 0.336 e. The minimum absolute atomic E-state index is 0.0385. The summed E-state index contributed by atoms with van der Waals surface area (Å²) in [4.78, 5) is 35.7. The fraction of sp³-hybridized carbons (Fsp3) is 0.139. The molecule has 44 heavy (non-hydrogen) atoms. The van der Waals surface area contributed by atoms with E-state index in [4.69, 9.17) is 18.9 Å². The monoisotopic (exact) mass is 592 g/mol. The predicted molar refractivity (Wildman–Crippen MR) is 168 cm³/mol. The van der Waals surface area contributed by atoms with Crippen LogP contribution >= 0.6 is 0 Å². The summed E-state index contributed by atoms with van der Waals surface area (Å²) in [6, 6.07) is 24.0. The molecule has 1 N–H and O–H groups in total. The second kappa shape index (κ2) is 14.6. The van der Waals surface area contributed by atoms with Gasteiger partial charge in [-0.05, 0) is 95.4 Å². The third kappa shape index (κ3) is 8.53. The molecule has 0 saturated heterocycles. The molecule has 0 spiro atoms. The first-order valence-corrected chi connectivity index (χ1v) is 13.7. The topological polar surface area (TPSA) is 108 Å². The Morgan fingerprint density at radius 2 is 1.45 bits per heavy atom. The largest absolute Gasteiger partial charge is 0.485 e. The Morgan fingerprint density at radius 3 is 2.16 bits per heavy atom. The zero-order valence-corrected chi connectivity index (χ0v) is 24.5. The Hall–Kier alpha value is -5.47. The number of aliphatic hydroxyl groups excluding tert-OH is 1. The molecule has 0 aliphatic carbocycles. The highest BCUT2D eigenvalue weighted by atomic mass is 16.7. The third-order valence-corrected chi connectivity index (χ3v) is 6.49. The summed E-state index contributed by atoms with van der Waals surface area (Å²) >= 11 is 0. The van der Waals surface area contributed by atoms with E-state index < -0.39 is 18.5 Å². The van der Waals surface area contributed by atoms with Gasteiger partial charge < -0.3 is 24.1 Å². The second-order valence-corrected chi connectivity index (χ2v) is 9.99. The molecular weight excluding hydrogens is 560 g/mol. The first-order valence-electron chi connectivity index (χ1n) is 13.7. The predicted octanol–water partition coefficient (Wildman–Crippen LogP) is 6.60. The van der Waals surface area contributed by atoms with Gasteiger partial charge in [-0.3, -0.25) is 4.79 Å². The molecule has 0 aliphatic heterocycles. The van der Waals surface area contributed by atoms with Gasteiger partial charge in [-0.15, -0.1) is 0 Å². The van der Waals surface area contributed by atoms with E-state index in [9.17, 15) is 19.5 Å². The van der Waals surface area contributed by atoms with Crippen molar-refractivity contribution < 1.29 is 38.4 Å². The highest BCUT2D eigenvalue weighted by Crippen LogP contribution is 2.28. The van der Waals surface area contributed by atoms with Crippen molar-refractivity contribution in [2.45, 2.75) is 20.5 Å². The van der Waals surface area contributed by atoms with Crippen molar-refractivity contribution in [3.63, 3.8) is 0 Å². The van der Waals surface area contributed by atoms with E-state index in [1.54, 1.807) is 13.0 Å². The maximum atomic E-state index is 12.5. The highest BCUT2D eigenvalue weighted by Gasteiger charge is 2.10. The number of rotatable bonds is 13. The summed E-state index contributed by atoms with van der Waals surface area (Å²) < 4.78 is 21.2. The maximum Gasteiger partial charge on any atom is 0.336 e. The van der Waals surface area contributed by atoms with Gasteiger partial charge in [-0.2, -0.15) is 0 Å². The van der Waals surface area contributed by atoms with Gasteiger partial charge in [0.2, 0.25) is 6.79 Å². The summed E-state index contributed by atoms with van der Waals surface area (Å²) in [5, 5.41) is 11.8. The lowest BCUT2D eigenvalue weighted by molar-refractivity contribution is -0.145. The van der Waals surface area contributed by atoms with Gasteiger partial charge in [0.05, 0.1) is 6.61 Å². The van der Waals surface area contributed by atoms with E-state index >= 15 is 0 Å². The molecule has 4 aromatic rings. The van der Waals surface area contributed by atoms with Crippen LogP contribution in [0.4, 0.5) is 0 Å². The van der Waals surface area contributed by atoms with Crippen LogP contribution in [0.5, 0.6) is 17.2 Å². The molecular formula is C36H32O8. The standard InChI is InChI=1S/C36H32O8/c1-23(2)33(38)21-41-31-12-10-26(11-13-31)28-9-8-27-17-25(5-7-29(27)18-28)6-16-35(39)44-34-15-14-32(19-30(34)20-37)42-22-43-36(40)24(3)4/h5-19,37H,1,3,20-22H2,2,4H3/b16-6+. The molecule has 4 rings (SSSR count). The molecule has 0 aromatic heterocycles. The molecule has 0 bridgehead atoms. The quantitative estimate of drug-likeness (QED) is 0.0801. The van der Waals surface area contributed by atoms with Gasteiger partial charge in [0.25, 0.3) is 0 Å². The van der Waals surface area contributed by atoms with E-state index in [1.165, 1.54) is 31.2 Å². The summed E-state index contributed by atoms with van der Waals surface area (Å²) in [7, 11) is 0. The molecule has 0 saturated carbocycles. The Balaban J connectivity index is 1.36. The van der Waals surface area contributed by atoms with E-state index in [0.29, 0.717) is 22.6 Å². The van der Waals surface area contributed by atoms with Crippen LogP contribution in [-0.2, 0) is 25.7 Å². The number of hydrogen-bond acceptors (Lipinski definition) is 8. The summed E-state index contributed by atoms with van der Waals surface area (Å²) in [5.41, 5.74) is 3.88. The molecule has 0 radical (unpaired) electrons. The Bertz CT molecular complexity index is 1750. The molecule has 0 unspecified atom stereocenters. The van der Waals surface area contributed by atoms with Gasteiger partial charge in [0.15, 0.2) is 12.4 Å². The fourth-order valence-corrected chi connectivity index (χ4v) is 4.01. The van der Waals surface area contributed by atoms with Crippen LogP contribution in [0.15, 0.2) is 109 Å². The van der Waals surface area contributed by atoms with Crippen molar-refractivity contribution in [3.8, 4) is 28.4 Å². The Kier molecular flexibility index (Phi) is 10.5. The number of aliphatic hydroxyl groups is 1. The highest BCUT2D eigenvalue weighted by molar-refractivity contribution is 5.95. The molecule has 4 aromatic carbocycles. The summed E-state index contributed by atoms with van der Waals surface area (Å²) in [5.74, 6) is -0.211. The SMILES string of the molecule is C=C(C)C(=O)COc1ccc(-c2ccc3cc(/C=C/C(=O)Oc4ccc(OCOC(=O)C(=C)C)cc4CO)ccc3c2)cc1. The van der Waals surface area contributed by atoms with Crippen LogP contribution in [0, 0.1) is 0 Å². The molecule has 224 valence electrons. The minimum atomic E-state index is -0.615. The molecule has 0 amide bonds. The lowest BCUT2D eigenvalue weighted by Crippen LogP contribution is -2.11. The minimum Gasteiger partial charge on any atom is -0.485 e. The van der Waals surface area contributed by atoms with Crippen LogP contribution in [-0.4, -0.2) is 36.2 Å². The molecule has 0 aliphatic rings. The molecule has 8 nitrogen and oxygen atoms in total. The van der Waals surface area contributed by atoms with Crippen molar-refractivity contribution in [2.75, 3.05) is 13.4 Å². The number of benzene rings is 4. The van der Waals surface area contributed by atoms with Crippen molar-refractivity contribution in [3.05, 3.63) is 120 Å². The van der Waals surface area contributed by atoms with Gasteiger partial charge in [0, 0.05) is 17.2 Å². The van der Waals surface area contributed by atoms with Crippen LogP contribution < -0.4 is 14.2 Å². The molecule has 8 heteroatoms. The molecule has 0 fully saturated rings. The Labute approximate surface area is 255 Å². The zero-order chi connectivity index (χ0) is 31.6. The maximum absolute atomic E-state index is 12.5. The van der Waals surface area contributed by atoms with Gasteiger partial charge in [-0.1, -0.05) is 49.6 Å². The number of esters is 2. The fourth-order valence-electron chi connectivity index (χ4n) is 4.01. The first kappa shape index (κ1) is 31.5. The average molecular weight is 593 g/mol. The Morgan fingerprint density at radius 1 is 0.773 bits per heavy atom. The van der Waals surface area contributed by atoms with Gasteiger partial charge >= 0.3 is 11.9 Å². The van der Waals surface area contributed by atoms with E-state index in [-0.39, 0.29) is 30.5 Å². The number of carbonyl (C=O) groups excluding carboxylic acids is 3. The normalized spacial score (nSPS) is 10.8. The second-order valence-electron chi connectivity index (χ2n) is 9.99. The lowest BCUT2D eigenvalue weighted by atomic mass is 10.00. The molecule has 0 heterocycles. The van der Waals surface area contributed by atoms with Crippen LogP contribution in [0.2, 0.25) is 0 Å². The number of Topliss-reactive ketones (excluding diaryl/α,β-unsaturated/α-hetero) is 1. The first-order chi connectivity index (χ1) is 21.1. The van der Waals surface area contributed by atoms with Crippen molar-refractivity contribution >= 4 is 34.6 Å². The lowest BCUT2D eigenvalue weighted by Gasteiger charge is -2.11. The zero-order valence-electron chi connectivity index (χ0n) is 24.5. The number of fused-ring (bicyclic) bond motifs is 1. The number of carbonyl (C=O) groups is 3. The van der Waals surface area contributed by atoms with E-state index in [0.717, 1.165) is 27.5 Å². The van der Waals surface area contributed by atoms with Crippen molar-refractivity contribution in [1.82, 2.24) is 0 Å². The third-order valence-electron chi connectivity index (χ3n) is 6.49. The summed E-state index contributed by atoms with van der Waals surface area (Å²) in [6.45, 7) is 9.55. The summed E-state index contributed by atoms with van der Waals surface area (Å²) in [6.07, 6.45) is 2.96. The molecule has 0 atom stereocenters. The van der Waals surface area contributed by atoms with Crippen LogP contribution in [0.1, 0.15) is 25.0 Å². The van der Waals surface area contributed by atoms with Crippen LogP contribution in [0.25, 0.3) is 28.0 Å². The number of hydrogen-bond donors (Lipinski definition) is 1. The van der Waals surface area contributed by atoms with Crippen molar-refractivity contribution in [1.29, 1.82) is 0 Å². The number of ether oxygens (including phenoxy) is 4. The average Bonchev–Trinajstić information content (AvgIpc) is 3.02. The van der Waals surface area contributed by atoms with E-state index in [1.807, 2.05) is 54.6 Å².